The van der Waals surface area contributed by atoms with Gasteiger partial charge < -0.3 is 29.7 Å². The Bertz CT molecular complexity index is 3430. The Morgan fingerprint density at radius 3 is 1.37 bits per heavy atom. The summed E-state index contributed by atoms with van der Waals surface area (Å²) < 4.78 is 132. The lowest BCUT2D eigenvalue weighted by Crippen LogP contribution is -2.46. The van der Waals surface area contributed by atoms with Crippen LogP contribution in [0.15, 0.2) is 138 Å². The van der Waals surface area contributed by atoms with E-state index in [1.54, 1.807) is 126 Å². The zero-order valence-electron chi connectivity index (χ0n) is 49.4. The summed E-state index contributed by atoms with van der Waals surface area (Å²) in [5.41, 5.74) is 1.57. The van der Waals surface area contributed by atoms with Crippen LogP contribution in [-0.2, 0) is 80.2 Å². The van der Waals surface area contributed by atoms with Gasteiger partial charge in [-0.3, -0.25) is 10.1 Å². The number of carbonyl (C=O) groups excluding carboxylic acids is 3. The molecule has 5 aromatic carbocycles. The molecule has 26 nitrogen and oxygen atoms in total. The summed E-state index contributed by atoms with van der Waals surface area (Å²) in [5.74, 6) is -3.54. The monoisotopic (exact) mass is 1280 g/mol. The van der Waals surface area contributed by atoms with Crippen LogP contribution in [0.25, 0.3) is 0 Å². The van der Waals surface area contributed by atoms with E-state index in [1.807, 2.05) is 11.8 Å². The van der Waals surface area contributed by atoms with Crippen molar-refractivity contribution >= 4 is 81.0 Å². The molecular formula is C57H76N10O16S4. The number of hydrogen-bond acceptors (Lipinski definition) is 19. The van der Waals surface area contributed by atoms with Crippen molar-refractivity contribution in [1.29, 1.82) is 0 Å². The zero-order chi connectivity index (χ0) is 64.1. The van der Waals surface area contributed by atoms with E-state index in [0.29, 0.717) is 17.9 Å². The topological polar surface area (TPSA) is 359 Å². The van der Waals surface area contributed by atoms with E-state index in [2.05, 4.69) is 39.8 Å². The quantitative estimate of drug-likeness (QED) is 0.00842. The third kappa shape index (κ3) is 27.4. The minimum Gasteiger partial charge on any atom is -0.460 e. The average molecular weight is 1290 g/mol. The summed E-state index contributed by atoms with van der Waals surface area (Å²) >= 11 is 0. The molecule has 6 N–H and O–H groups in total. The van der Waals surface area contributed by atoms with Gasteiger partial charge in [0.25, 0.3) is 5.69 Å². The number of anilines is 1. The maximum absolute atomic E-state index is 13.7. The lowest BCUT2D eigenvalue weighted by Gasteiger charge is -2.24. The van der Waals surface area contributed by atoms with Crippen LogP contribution in [-0.4, -0.2) is 136 Å². The molecule has 0 radical (unpaired) electrons. The Morgan fingerprint density at radius 1 is 0.563 bits per heavy atom. The van der Waals surface area contributed by atoms with E-state index in [-0.39, 0.29) is 48.4 Å². The number of azo groups is 1. The molecule has 5 aromatic rings. The predicted octanol–water partition coefficient (Wildman–Crippen LogP) is 6.64. The van der Waals surface area contributed by atoms with Crippen LogP contribution >= 0.6 is 0 Å². The first-order valence-corrected chi connectivity index (χ1v) is 34.1. The standard InChI is InChI=1S/C57H76N10O16S4/c1-8-66(51-23-19-47(20-24-51)64-65-48-21-25-52(26-22-48)67(71)72)29-30-81-53(68)46-34-44(38-60-84(73,74)31-27-58-86(77,78)40-49(36-42-15-11-9-12-16-42)62-54(69)82-56(2,3)4)33-45(35-46)39-61-85(75,76)32-28-59-87(79,80)41-50(37-43-17-13-10-14-18-43)63-55(70)83-57(5,6)7/h9-26,33-35,49-50,58-61H,8,27-32,36-41H2,1-7H3,(H,62,69)(H,63,70)/t49-,50-/m0/s1. The van der Waals surface area contributed by atoms with Crippen LogP contribution in [0.1, 0.15) is 81.1 Å². The number of hydrogen-bond donors (Lipinski definition) is 6. The Kier molecular flexibility index (Phi) is 25.8. The fraction of sp³-hybridized carbons (Fsp3) is 0.421. The Balaban J connectivity index is 1.25. The summed E-state index contributed by atoms with van der Waals surface area (Å²) in [4.78, 5) is 51.5. The van der Waals surface area contributed by atoms with Crippen LogP contribution in [0.3, 0.4) is 0 Å². The molecule has 0 spiro atoms. The third-order valence-corrected chi connectivity index (χ3v) is 17.8. The van der Waals surface area contributed by atoms with Gasteiger partial charge in [-0.25, -0.2) is 66.9 Å². The zero-order valence-corrected chi connectivity index (χ0v) is 52.7. The van der Waals surface area contributed by atoms with Gasteiger partial charge in [-0.1, -0.05) is 66.7 Å². The van der Waals surface area contributed by atoms with Crippen LogP contribution in [0, 0.1) is 10.1 Å². The van der Waals surface area contributed by atoms with Crippen molar-refractivity contribution in [2.75, 3.05) is 60.7 Å². The number of carbonyl (C=O) groups is 3. The van der Waals surface area contributed by atoms with Gasteiger partial charge in [0.2, 0.25) is 40.1 Å². The number of nitro groups is 1. The smallest absolute Gasteiger partial charge is 0.407 e. The highest BCUT2D eigenvalue weighted by Crippen LogP contribution is 2.24. The van der Waals surface area contributed by atoms with Gasteiger partial charge in [0.15, 0.2) is 0 Å². The number of likely N-dealkylation sites (N-methyl/N-ethyl adjacent to an activating group) is 1. The number of amides is 2. The van der Waals surface area contributed by atoms with Crippen molar-refractivity contribution in [3.63, 3.8) is 0 Å². The van der Waals surface area contributed by atoms with E-state index in [9.17, 15) is 58.2 Å². The predicted molar refractivity (Wildman–Crippen MR) is 330 cm³/mol. The Hall–Kier alpha value is -7.45. The van der Waals surface area contributed by atoms with E-state index in [4.69, 9.17) is 14.2 Å². The highest BCUT2D eigenvalue weighted by atomic mass is 32.2. The fourth-order valence-corrected chi connectivity index (χ4v) is 12.8. The SMILES string of the molecule is CCN(CCOC(=O)c1cc(CNS(=O)(=O)CCNS(=O)(=O)C[C@H](Cc2ccccc2)NC(=O)OC(C)(C)C)cc(CNS(=O)(=O)CCNS(=O)(=O)C[C@H](Cc2ccccc2)NC(=O)OC(C)(C)C)c1)c1ccc(N=Nc2ccc([N+](=O)[O-])cc2)cc1. The molecule has 0 aliphatic carbocycles. The fourth-order valence-electron chi connectivity index (χ4n) is 8.26. The van der Waals surface area contributed by atoms with E-state index in [1.165, 1.54) is 42.5 Å². The van der Waals surface area contributed by atoms with Crippen molar-refractivity contribution < 1.29 is 67.2 Å². The normalized spacial score (nSPS) is 13.1. The highest BCUT2D eigenvalue weighted by Gasteiger charge is 2.27. The van der Waals surface area contributed by atoms with Gasteiger partial charge in [-0.2, -0.15) is 10.2 Å². The summed E-state index contributed by atoms with van der Waals surface area (Å²) in [6, 6.07) is 32.4. The maximum atomic E-state index is 13.7. The molecule has 0 aliphatic rings. The van der Waals surface area contributed by atoms with Crippen molar-refractivity contribution in [3.8, 4) is 0 Å². The Morgan fingerprint density at radius 2 is 0.977 bits per heavy atom. The molecule has 0 aromatic heterocycles. The molecule has 474 valence electrons. The van der Waals surface area contributed by atoms with Crippen LogP contribution in [0.4, 0.5) is 32.3 Å². The molecule has 2 amide bonds. The van der Waals surface area contributed by atoms with Gasteiger partial charge in [-0.15, -0.1) is 0 Å². The molecule has 87 heavy (non-hydrogen) atoms. The number of nitrogens with zero attached hydrogens (tertiary/aromatic N) is 4. The van der Waals surface area contributed by atoms with E-state index < -0.39 is 136 Å². The molecule has 2 atom stereocenters. The second kappa shape index (κ2) is 32.0. The summed E-state index contributed by atoms with van der Waals surface area (Å²) in [5, 5.41) is 24.5. The number of benzene rings is 5. The minimum absolute atomic E-state index is 0.0812. The number of non-ortho nitro benzene ring substituents is 1. The largest absolute Gasteiger partial charge is 0.460 e. The highest BCUT2D eigenvalue weighted by molar-refractivity contribution is 7.90. The van der Waals surface area contributed by atoms with Gasteiger partial charge in [0, 0.05) is 50.5 Å². The molecular weight excluding hydrogens is 1210 g/mol. The molecule has 0 heterocycles. The molecule has 30 heteroatoms. The van der Waals surface area contributed by atoms with Gasteiger partial charge >= 0.3 is 18.2 Å². The third-order valence-electron chi connectivity index (χ3n) is 12.1. The van der Waals surface area contributed by atoms with Gasteiger partial charge in [0.1, 0.15) is 17.8 Å². The van der Waals surface area contributed by atoms with E-state index >= 15 is 0 Å². The van der Waals surface area contributed by atoms with Gasteiger partial charge in [-0.05, 0) is 132 Å². The van der Waals surface area contributed by atoms with E-state index in [0.717, 1.165) is 16.8 Å². The lowest BCUT2D eigenvalue weighted by molar-refractivity contribution is -0.384. The van der Waals surface area contributed by atoms with Crippen LogP contribution in [0.2, 0.25) is 0 Å². The first-order valence-electron chi connectivity index (χ1n) is 27.5. The number of sulfonamides is 4. The number of esters is 1. The minimum atomic E-state index is -4.25. The van der Waals surface area contributed by atoms with Gasteiger partial charge in [0.05, 0.1) is 63.5 Å². The molecule has 0 aliphatic heterocycles. The lowest BCUT2D eigenvalue weighted by atomic mass is 10.1. The molecule has 0 saturated carbocycles. The molecule has 0 bridgehead atoms. The van der Waals surface area contributed by atoms with Crippen molar-refractivity contribution in [2.45, 2.75) is 97.7 Å². The molecule has 0 saturated heterocycles. The average Bonchev–Trinajstić information content (AvgIpc) is 3.30. The first-order chi connectivity index (χ1) is 40.7. The van der Waals surface area contributed by atoms with Crippen LogP contribution < -0.4 is 34.4 Å². The summed E-state index contributed by atoms with van der Waals surface area (Å²) in [7, 11) is -16.9. The molecule has 0 unspecified atom stereocenters. The number of nitrogens with one attached hydrogen (secondary N) is 6. The molecule has 0 fully saturated rings. The number of nitro benzene ring substituents is 1. The second-order valence-electron chi connectivity index (χ2n) is 21.9. The van der Waals surface area contributed by atoms with Crippen molar-refractivity contribution in [3.05, 3.63) is 165 Å². The first kappa shape index (κ1) is 70.3. The Labute approximate surface area is 509 Å². The number of rotatable bonds is 33. The number of ether oxygens (including phenoxy) is 3. The maximum Gasteiger partial charge on any atom is 0.407 e. The second-order valence-corrected chi connectivity index (χ2v) is 29.5. The summed E-state index contributed by atoms with van der Waals surface area (Å²) in [6.07, 6.45) is -1.45. The summed E-state index contributed by atoms with van der Waals surface area (Å²) in [6.45, 7) is 10.4. The number of alkyl carbamates (subject to hydrolysis) is 2. The van der Waals surface area contributed by atoms with Crippen molar-refractivity contribution in [2.24, 2.45) is 10.2 Å². The van der Waals surface area contributed by atoms with Crippen molar-refractivity contribution in [1.82, 2.24) is 29.5 Å². The molecule has 5 rings (SSSR count). The van der Waals surface area contributed by atoms with Crippen LogP contribution in [0.5, 0.6) is 0 Å².